The number of ether oxygens (including phenoxy) is 1. The SMILES string of the molecule is COc1ccc(C[CH]NC(C)=O)cc1. The third-order valence-corrected chi connectivity index (χ3v) is 1.80. The average molecular weight is 192 g/mol. The largest absolute Gasteiger partial charge is 0.497 e. The number of methoxy groups -OCH3 is 1. The third-order valence-electron chi connectivity index (χ3n) is 1.80. The second-order valence-corrected chi connectivity index (χ2v) is 2.96. The Bertz CT molecular complexity index is 293. The molecular weight excluding hydrogens is 178 g/mol. The van der Waals surface area contributed by atoms with E-state index in [9.17, 15) is 4.79 Å². The summed E-state index contributed by atoms with van der Waals surface area (Å²) >= 11 is 0. The van der Waals surface area contributed by atoms with E-state index in [1.54, 1.807) is 13.7 Å². The third kappa shape index (κ3) is 3.47. The summed E-state index contributed by atoms with van der Waals surface area (Å²) in [6.07, 6.45) is 0.726. The molecule has 1 aromatic rings. The predicted molar refractivity (Wildman–Crippen MR) is 54.8 cm³/mol. The van der Waals surface area contributed by atoms with Gasteiger partial charge in [-0.15, -0.1) is 0 Å². The first-order valence-corrected chi connectivity index (χ1v) is 4.44. The van der Waals surface area contributed by atoms with Crippen LogP contribution in [0.3, 0.4) is 0 Å². The normalized spacial score (nSPS) is 9.57. The molecule has 1 rings (SSSR count). The Hall–Kier alpha value is -1.51. The fourth-order valence-electron chi connectivity index (χ4n) is 1.07. The summed E-state index contributed by atoms with van der Waals surface area (Å²) in [5.74, 6) is 0.798. The quantitative estimate of drug-likeness (QED) is 0.785. The molecule has 3 nitrogen and oxygen atoms in total. The first-order valence-electron chi connectivity index (χ1n) is 4.44. The van der Waals surface area contributed by atoms with Crippen LogP contribution in [-0.4, -0.2) is 13.0 Å². The number of carbonyl (C=O) groups is 1. The number of nitrogens with one attached hydrogen (secondary N) is 1. The van der Waals surface area contributed by atoms with Gasteiger partial charge >= 0.3 is 0 Å². The van der Waals surface area contributed by atoms with E-state index in [1.807, 2.05) is 24.3 Å². The molecule has 0 atom stereocenters. The van der Waals surface area contributed by atoms with Gasteiger partial charge in [0, 0.05) is 6.92 Å². The van der Waals surface area contributed by atoms with Crippen molar-refractivity contribution in [3.63, 3.8) is 0 Å². The molecule has 0 aliphatic heterocycles. The molecule has 0 saturated heterocycles. The summed E-state index contributed by atoms with van der Waals surface area (Å²) in [5.41, 5.74) is 1.14. The number of hydrogen-bond acceptors (Lipinski definition) is 2. The zero-order valence-corrected chi connectivity index (χ0v) is 8.41. The Kier molecular flexibility index (Phi) is 3.98. The van der Waals surface area contributed by atoms with Crippen molar-refractivity contribution in [1.29, 1.82) is 0 Å². The van der Waals surface area contributed by atoms with Crippen LogP contribution >= 0.6 is 0 Å². The maximum absolute atomic E-state index is 10.6. The molecule has 1 aromatic carbocycles. The van der Waals surface area contributed by atoms with Crippen LogP contribution in [0.25, 0.3) is 0 Å². The Labute approximate surface area is 84.1 Å². The van der Waals surface area contributed by atoms with Crippen LogP contribution in [0.5, 0.6) is 5.75 Å². The lowest BCUT2D eigenvalue weighted by Crippen LogP contribution is -2.17. The highest BCUT2D eigenvalue weighted by Gasteiger charge is 1.95. The van der Waals surface area contributed by atoms with E-state index < -0.39 is 0 Å². The topological polar surface area (TPSA) is 38.3 Å². The molecule has 0 spiro atoms. The van der Waals surface area contributed by atoms with Gasteiger partial charge in [-0.1, -0.05) is 12.1 Å². The molecule has 0 aliphatic carbocycles. The number of hydrogen-bond donors (Lipinski definition) is 1. The van der Waals surface area contributed by atoms with E-state index in [2.05, 4.69) is 5.32 Å². The molecular formula is C11H14NO2. The van der Waals surface area contributed by atoms with E-state index in [0.717, 1.165) is 17.7 Å². The highest BCUT2D eigenvalue weighted by atomic mass is 16.5. The Morgan fingerprint density at radius 2 is 2.07 bits per heavy atom. The van der Waals surface area contributed by atoms with Crippen molar-refractivity contribution < 1.29 is 9.53 Å². The molecule has 1 amide bonds. The Balaban J connectivity index is 2.40. The second kappa shape index (κ2) is 5.27. The standard InChI is InChI=1S/C11H14NO2/c1-9(13)12-8-7-10-3-5-11(14-2)6-4-10/h3-6,8H,7H2,1-2H3,(H,12,13). The van der Waals surface area contributed by atoms with Crippen molar-refractivity contribution in [1.82, 2.24) is 5.32 Å². The molecule has 0 aliphatic rings. The van der Waals surface area contributed by atoms with Gasteiger partial charge in [0.25, 0.3) is 0 Å². The van der Waals surface area contributed by atoms with Crippen LogP contribution < -0.4 is 10.1 Å². The fourth-order valence-corrected chi connectivity index (χ4v) is 1.07. The van der Waals surface area contributed by atoms with Crippen LogP contribution in [0, 0.1) is 6.54 Å². The minimum Gasteiger partial charge on any atom is -0.497 e. The van der Waals surface area contributed by atoms with E-state index in [-0.39, 0.29) is 5.91 Å². The lowest BCUT2D eigenvalue weighted by molar-refractivity contribution is -0.118. The van der Waals surface area contributed by atoms with Gasteiger partial charge in [-0.2, -0.15) is 0 Å². The average Bonchev–Trinajstić information content (AvgIpc) is 2.18. The van der Waals surface area contributed by atoms with Gasteiger partial charge in [0.15, 0.2) is 0 Å². The van der Waals surface area contributed by atoms with Crippen LogP contribution in [0.4, 0.5) is 0 Å². The van der Waals surface area contributed by atoms with Gasteiger partial charge in [-0.05, 0) is 24.1 Å². The first-order chi connectivity index (χ1) is 6.72. The number of rotatable bonds is 4. The minimum atomic E-state index is -0.0430. The van der Waals surface area contributed by atoms with Gasteiger partial charge < -0.3 is 10.1 Å². The summed E-state index contributed by atoms with van der Waals surface area (Å²) < 4.78 is 5.03. The zero-order valence-electron chi connectivity index (χ0n) is 8.41. The Morgan fingerprint density at radius 3 is 2.57 bits per heavy atom. The second-order valence-electron chi connectivity index (χ2n) is 2.96. The monoisotopic (exact) mass is 192 g/mol. The summed E-state index contributed by atoms with van der Waals surface area (Å²) in [5, 5.41) is 2.63. The molecule has 3 heteroatoms. The van der Waals surface area contributed by atoms with Crippen LogP contribution in [0.15, 0.2) is 24.3 Å². The van der Waals surface area contributed by atoms with E-state index in [0.29, 0.717) is 0 Å². The van der Waals surface area contributed by atoms with Gasteiger partial charge in [-0.3, -0.25) is 4.79 Å². The molecule has 75 valence electrons. The summed E-state index contributed by atoms with van der Waals surface area (Å²) in [6, 6.07) is 7.74. The van der Waals surface area contributed by atoms with Gasteiger partial charge in [0.2, 0.25) is 5.91 Å². The van der Waals surface area contributed by atoms with Gasteiger partial charge in [-0.25, -0.2) is 0 Å². The molecule has 1 N–H and O–H groups in total. The fraction of sp³-hybridized carbons (Fsp3) is 0.273. The molecule has 0 unspecified atom stereocenters. The van der Waals surface area contributed by atoms with E-state index >= 15 is 0 Å². The Morgan fingerprint density at radius 1 is 1.43 bits per heavy atom. The van der Waals surface area contributed by atoms with Crippen LogP contribution in [0.1, 0.15) is 12.5 Å². The van der Waals surface area contributed by atoms with Crippen molar-refractivity contribution >= 4 is 5.91 Å². The highest BCUT2D eigenvalue weighted by molar-refractivity contribution is 5.73. The molecule has 0 bridgehead atoms. The maximum Gasteiger partial charge on any atom is 0.217 e. The van der Waals surface area contributed by atoms with E-state index in [4.69, 9.17) is 4.74 Å². The minimum absolute atomic E-state index is 0.0430. The van der Waals surface area contributed by atoms with Crippen molar-refractivity contribution in [2.75, 3.05) is 7.11 Å². The van der Waals surface area contributed by atoms with Gasteiger partial charge in [0.1, 0.15) is 5.75 Å². The van der Waals surface area contributed by atoms with Crippen molar-refractivity contribution in [3.8, 4) is 5.75 Å². The lowest BCUT2D eigenvalue weighted by Gasteiger charge is -2.03. The number of carbonyl (C=O) groups excluding carboxylic acids is 1. The van der Waals surface area contributed by atoms with Crippen molar-refractivity contribution in [2.24, 2.45) is 0 Å². The molecule has 1 radical (unpaired) electrons. The number of benzene rings is 1. The van der Waals surface area contributed by atoms with Crippen LogP contribution in [-0.2, 0) is 11.2 Å². The van der Waals surface area contributed by atoms with Crippen molar-refractivity contribution in [2.45, 2.75) is 13.3 Å². The molecule has 0 aromatic heterocycles. The summed E-state index contributed by atoms with van der Waals surface area (Å²) in [7, 11) is 1.64. The zero-order chi connectivity index (χ0) is 10.4. The van der Waals surface area contributed by atoms with Crippen LogP contribution in [0.2, 0.25) is 0 Å². The molecule has 0 fully saturated rings. The van der Waals surface area contributed by atoms with Crippen molar-refractivity contribution in [3.05, 3.63) is 36.4 Å². The summed E-state index contributed by atoms with van der Waals surface area (Å²) in [6.45, 7) is 3.23. The first kappa shape index (κ1) is 10.6. The summed E-state index contributed by atoms with van der Waals surface area (Å²) in [4.78, 5) is 10.6. The molecule has 14 heavy (non-hydrogen) atoms. The highest BCUT2D eigenvalue weighted by Crippen LogP contribution is 2.11. The predicted octanol–water partition coefficient (Wildman–Crippen LogP) is 1.54. The lowest BCUT2D eigenvalue weighted by atomic mass is 10.1. The van der Waals surface area contributed by atoms with E-state index in [1.165, 1.54) is 6.92 Å². The smallest absolute Gasteiger partial charge is 0.217 e. The number of amides is 1. The molecule has 0 heterocycles. The van der Waals surface area contributed by atoms with Gasteiger partial charge in [0.05, 0.1) is 13.7 Å². The molecule has 0 saturated carbocycles. The maximum atomic E-state index is 10.6.